The summed E-state index contributed by atoms with van der Waals surface area (Å²) in [4.78, 5) is 59.3. The Bertz CT molecular complexity index is 2600. The van der Waals surface area contributed by atoms with Crippen LogP contribution < -0.4 is 9.47 Å². The van der Waals surface area contributed by atoms with E-state index in [1.165, 1.54) is 20.3 Å². The molecule has 7 rings (SSSR count). The Balaban J connectivity index is 1.23. The zero-order valence-electron chi connectivity index (χ0n) is 38.0. The maximum atomic E-state index is 13.0. The molecule has 0 saturated carbocycles. The van der Waals surface area contributed by atoms with Gasteiger partial charge in [0.2, 0.25) is 0 Å². The standard InChI is InChI=1S/C51H54N6O9/c1-32-21-42(63-3)11-13-44(32)36-24-39(53-47(27-36)50(61)65-5)30-56-17-15-55(29-38-23-35(26-46(52-38)49(59)60)34-7-9-41(58)10-8-34)16-18-57(20-19-56)31-40-25-37(28-48(54-40)51(62)66-6)45-14-12-43(64-4)22-33(45)2/h7-14,21-28,58H,15-20,29-31H2,1-6H3,(H,59,60). The average Bonchev–Trinajstić information content (AvgIpc) is 3.41. The molecule has 3 aromatic heterocycles. The third-order valence-corrected chi connectivity index (χ3v) is 11.7. The molecule has 0 spiro atoms. The second-order valence-corrected chi connectivity index (χ2v) is 16.2. The largest absolute Gasteiger partial charge is 0.508 e. The monoisotopic (exact) mass is 894 g/mol. The number of carboxylic acid groups (broad SMARTS) is 1. The van der Waals surface area contributed by atoms with Crippen molar-refractivity contribution in [2.24, 2.45) is 0 Å². The van der Waals surface area contributed by atoms with Crippen molar-refractivity contribution in [3.63, 3.8) is 0 Å². The summed E-state index contributed by atoms with van der Waals surface area (Å²) in [6, 6.07) is 29.1. The molecule has 0 atom stereocenters. The van der Waals surface area contributed by atoms with E-state index in [9.17, 15) is 24.6 Å². The normalized spacial score (nSPS) is 13.8. The number of hydrogen-bond donors (Lipinski definition) is 2. The SMILES string of the molecule is COC(=O)c1cc(-c2ccc(OC)cc2C)cc(CN2CCN(Cc3cc(-c4ccc(O)cc4)cc(C(=O)O)n3)CCN(Cc3cc(-c4ccc(OC)cc4C)cc(C(=O)OC)n3)CC2)n1. The first-order chi connectivity index (χ1) is 31.8. The van der Waals surface area contributed by atoms with Gasteiger partial charge in [0.25, 0.3) is 0 Å². The molecule has 4 heterocycles. The highest BCUT2D eigenvalue weighted by molar-refractivity contribution is 5.90. The van der Waals surface area contributed by atoms with Gasteiger partial charge in [-0.1, -0.05) is 24.3 Å². The molecular formula is C51H54N6O9. The van der Waals surface area contributed by atoms with Crippen LogP contribution >= 0.6 is 0 Å². The van der Waals surface area contributed by atoms with Crippen molar-refractivity contribution in [2.75, 3.05) is 67.7 Å². The first-order valence-electron chi connectivity index (χ1n) is 21.5. The number of methoxy groups -OCH3 is 4. The Kier molecular flexibility index (Phi) is 15.0. The number of carbonyl (C=O) groups excluding carboxylic acids is 2. The van der Waals surface area contributed by atoms with Gasteiger partial charge in [-0.2, -0.15) is 0 Å². The number of aromatic nitrogens is 3. The number of pyridine rings is 3. The molecule has 0 radical (unpaired) electrons. The van der Waals surface area contributed by atoms with E-state index in [4.69, 9.17) is 28.9 Å². The summed E-state index contributed by atoms with van der Waals surface area (Å²) in [7, 11) is 5.92. The van der Waals surface area contributed by atoms with Crippen molar-refractivity contribution in [1.29, 1.82) is 0 Å². The number of phenols is 1. The first kappa shape index (κ1) is 46.8. The van der Waals surface area contributed by atoms with Gasteiger partial charge in [0.15, 0.2) is 0 Å². The van der Waals surface area contributed by atoms with Gasteiger partial charge in [0.1, 0.15) is 34.3 Å². The molecule has 2 N–H and O–H groups in total. The molecule has 1 fully saturated rings. The number of benzene rings is 3. The van der Waals surface area contributed by atoms with Crippen LogP contribution in [0.25, 0.3) is 33.4 Å². The second kappa shape index (κ2) is 21.2. The van der Waals surface area contributed by atoms with Crippen molar-refractivity contribution < 1.29 is 43.5 Å². The molecule has 342 valence electrons. The smallest absolute Gasteiger partial charge is 0.356 e. The van der Waals surface area contributed by atoms with Gasteiger partial charge >= 0.3 is 17.9 Å². The molecule has 1 aliphatic heterocycles. The summed E-state index contributed by atoms with van der Waals surface area (Å²) >= 11 is 0. The number of phenolic OH excluding ortho intramolecular Hbond substituents is 1. The number of aromatic hydroxyl groups is 1. The number of rotatable bonds is 14. The zero-order chi connectivity index (χ0) is 46.9. The van der Waals surface area contributed by atoms with Crippen LogP contribution in [0.4, 0.5) is 0 Å². The fourth-order valence-electron chi connectivity index (χ4n) is 8.19. The lowest BCUT2D eigenvalue weighted by Crippen LogP contribution is -2.36. The van der Waals surface area contributed by atoms with Crippen LogP contribution in [-0.2, 0) is 29.1 Å². The Labute approximate surface area is 384 Å². The molecule has 0 aliphatic carbocycles. The fourth-order valence-corrected chi connectivity index (χ4v) is 8.19. The predicted octanol–water partition coefficient (Wildman–Crippen LogP) is 7.30. The summed E-state index contributed by atoms with van der Waals surface area (Å²) in [6.45, 7) is 8.79. The number of carboxylic acids is 1. The molecule has 1 saturated heterocycles. The van der Waals surface area contributed by atoms with Crippen LogP contribution in [0.3, 0.4) is 0 Å². The maximum absolute atomic E-state index is 13.0. The van der Waals surface area contributed by atoms with Gasteiger partial charge in [-0.3, -0.25) is 14.7 Å². The van der Waals surface area contributed by atoms with Crippen LogP contribution in [0.15, 0.2) is 97.1 Å². The third kappa shape index (κ3) is 11.5. The van der Waals surface area contributed by atoms with E-state index in [2.05, 4.69) is 19.7 Å². The topological polar surface area (TPSA) is 177 Å². The highest BCUT2D eigenvalue weighted by atomic mass is 16.5. The molecule has 15 nitrogen and oxygen atoms in total. The number of aryl methyl sites for hydroxylation is 2. The quantitative estimate of drug-likeness (QED) is 0.104. The Morgan fingerprint density at radius 3 is 1.24 bits per heavy atom. The molecule has 15 heteroatoms. The highest BCUT2D eigenvalue weighted by Gasteiger charge is 2.23. The number of ether oxygens (including phenoxy) is 4. The van der Waals surface area contributed by atoms with E-state index in [1.807, 2.05) is 68.4 Å². The van der Waals surface area contributed by atoms with Crippen LogP contribution in [0, 0.1) is 13.8 Å². The van der Waals surface area contributed by atoms with Gasteiger partial charge in [-0.05, 0) is 131 Å². The Hall–Kier alpha value is -7.20. The number of hydrogen-bond acceptors (Lipinski definition) is 14. The maximum Gasteiger partial charge on any atom is 0.356 e. The molecule has 66 heavy (non-hydrogen) atoms. The van der Waals surface area contributed by atoms with Gasteiger partial charge < -0.3 is 29.2 Å². The minimum atomic E-state index is -1.14. The van der Waals surface area contributed by atoms with Crippen LogP contribution in [-0.4, -0.2) is 125 Å². The molecule has 0 amide bonds. The van der Waals surface area contributed by atoms with E-state index >= 15 is 0 Å². The summed E-state index contributed by atoms with van der Waals surface area (Å²) < 4.78 is 21.2. The first-order valence-corrected chi connectivity index (χ1v) is 21.5. The summed E-state index contributed by atoms with van der Waals surface area (Å²) in [5.74, 6) is -0.665. The van der Waals surface area contributed by atoms with E-state index < -0.39 is 17.9 Å². The van der Waals surface area contributed by atoms with E-state index in [0.29, 0.717) is 81.5 Å². The predicted molar refractivity (Wildman–Crippen MR) is 249 cm³/mol. The molecule has 0 unspecified atom stereocenters. The van der Waals surface area contributed by atoms with Crippen LogP contribution in [0.5, 0.6) is 17.2 Å². The molecule has 3 aromatic carbocycles. The average molecular weight is 895 g/mol. The third-order valence-electron chi connectivity index (χ3n) is 11.7. The lowest BCUT2D eigenvalue weighted by molar-refractivity contribution is 0.0584. The van der Waals surface area contributed by atoms with Crippen molar-refractivity contribution in [1.82, 2.24) is 29.7 Å². The fraction of sp³-hybridized carbons (Fsp3) is 0.294. The van der Waals surface area contributed by atoms with Crippen molar-refractivity contribution in [2.45, 2.75) is 33.5 Å². The summed E-state index contributed by atoms with van der Waals surface area (Å²) in [5.41, 5.74) is 9.12. The van der Waals surface area contributed by atoms with E-state index in [-0.39, 0.29) is 22.8 Å². The number of carbonyl (C=O) groups is 3. The van der Waals surface area contributed by atoms with Crippen molar-refractivity contribution in [3.05, 3.63) is 142 Å². The van der Waals surface area contributed by atoms with Crippen molar-refractivity contribution >= 4 is 17.9 Å². The van der Waals surface area contributed by atoms with E-state index in [0.717, 1.165) is 50.4 Å². The second-order valence-electron chi connectivity index (χ2n) is 16.2. The Morgan fingerprint density at radius 1 is 0.500 bits per heavy atom. The zero-order valence-corrected chi connectivity index (χ0v) is 38.0. The minimum absolute atomic E-state index is 0.0815. The van der Waals surface area contributed by atoms with Crippen LogP contribution in [0.1, 0.15) is 59.7 Å². The highest BCUT2D eigenvalue weighted by Crippen LogP contribution is 2.31. The molecule has 1 aliphatic rings. The minimum Gasteiger partial charge on any atom is -0.508 e. The number of aromatic carboxylic acids is 1. The Morgan fingerprint density at radius 2 is 0.879 bits per heavy atom. The van der Waals surface area contributed by atoms with E-state index in [1.54, 1.807) is 50.6 Å². The summed E-state index contributed by atoms with van der Waals surface area (Å²) in [5, 5.41) is 20.0. The van der Waals surface area contributed by atoms with Gasteiger partial charge in [0.05, 0.1) is 45.5 Å². The lowest BCUT2D eigenvalue weighted by Gasteiger charge is -2.26. The number of nitrogens with zero attached hydrogens (tertiary/aromatic N) is 6. The lowest BCUT2D eigenvalue weighted by atomic mass is 9.99. The van der Waals surface area contributed by atoms with Crippen LogP contribution in [0.2, 0.25) is 0 Å². The van der Waals surface area contributed by atoms with Gasteiger partial charge in [0, 0.05) is 58.9 Å². The molecule has 6 aromatic rings. The van der Waals surface area contributed by atoms with Gasteiger partial charge in [-0.25, -0.2) is 29.3 Å². The summed E-state index contributed by atoms with van der Waals surface area (Å²) in [6.07, 6.45) is 0. The van der Waals surface area contributed by atoms with Crippen molar-refractivity contribution in [3.8, 4) is 50.6 Å². The number of esters is 2. The van der Waals surface area contributed by atoms with Gasteiger partial charge in [-0.15, -0.1) is 0 Å². The molecular weight excluding hydrogens is 841 g/mol. The molecule has 0 bridgehead atoms.